The highest BCUT2D eigenvalue weighted by Crippen LogP contribution is 2.25. The minimum absolute atomic E-state index is 0.122. The van der Waals surface area contributed by atoms with Crippen LogP contribution in [-0.2, 0) is 4.74 Å². The van der Waals surface area contributed by atoms with Crippen LogP contribution >= 0.6 is 0 Å². The lowest BCUT2D eigenvalue weighted by Gasteiger charge is -2.28. The first-order chi connectivity index (χ1) is 13.5. The second kappa shape index (κ2) is 7.93. The van der Waals surface area contributed by atoms with Gasteiger partial charge in [0.25, 0.3) is 0 Å². The first kappa shape index (κ1) is 19.0. The van der Waals surface area contributed by atoms with Crippen LogP contribution in [0.5, 0.6) is 5.75 Å². The molecule has 2 saturated heterocycles. The fraction of sp³-hybridized carbons (Fsp3) is 0.524. The summed E-state index contributed by atoms with van der Waals surface area (Å²) in [6.07, 6.45) is 5.67. The SMILES string of the molecule is CC1(C)COCN1C(=O)n1cnc(-c2ccc(OCC3CCNCC3)cc2)c1. The van der Waals surface area contributed by atoms with Crippen LogP contribution < -0.4 is 10.1 Å². The number of carbonyl (C=O) groups is 1. The molecule has 7 heteroatoms. The van der Waals surface area contributed by atoms with Crippen LogP contribution in [0.1, 0.15) is 26.7 Å². The van der Waals surface area contributed by atoms with Crippen molar-refractivity contribution < 1.29 is 14.3 Å². The predicted octanol–water partition coefficient (Wildman–Crippen LogP) is 2.96. The van der Waals surface area contributed by atoms with Crippen LogP contribution in [-0.4, -0.2) is 59.1 Å². The highest BCUT2D eigenvalue weighted by atomic mass is 16.5. The zero-order valence-corrected chi connectivity index (χ0v) is 16.6. The van der Waals surface area contributed by atoms with Gasteiger partial charge in [-0.3, -0.25) is 9.47 Å². The maximum absolute atomic E-state index is 12.7. The number of amides is 1. The van der Waals surface area contributed by atoms with Gasteiger partial charge in [0.15, 0.2) is 0 Å². The number of carbonyl (C=O) groups excluding carboxylic acids is 1. The minimum Gasteiger partial charge on any atom is -0.493 e. The Labute approximate surface area is 165 Å². The average molecular weight is 384 g/mol. The second-order valence-corrected chi connectivity index (χ2v) is 8.20. The lowest BCUT2D eigenvalue weighted by molar-refractivity contribution is 0.140. The Hall–Kier alpha value is -2.38. The fourth-order valence-electron chi connectivity index (χ4n) is 3.65. The summed E-state index contributed by atoms with van der Waals surface area (Å²) in [5.74, 6) is 1.50. The molecule has 28 heavy (non-hydrogen) atoms. The van der Waals surface area contributed by atoms with E-state index in [2.05, 4.69) is 10.3 Å². The van der Waals surface area contributed by atoms with E-state index in [0.29, 0.717) is 19.3 Å². The molecule has 1 aromatic carbocycles. The number of imidazole rings is 1. The molecular weight excluding hydrogens is 356 g/mol. The van der Waals surface area contributed by atoms with Crippen molar-refractivity contribution in [2.24, 2.45) is 5.92 Å². The molecule has 0 radical (unpaired) electrons. The van der Waals surface area contributed by atoms with Crippen LogP contribution in [0, 0.1) is 5.92 Å². The first-order valence-corrected chi connectivity index (χ1v) is 9.90. The van der Waals surface area contributed by atoms with E-state index >= 15 is 0 Å². The Morgan fingerprint density at radius 3 is 2.71 bits per heavy atom. The normalized spacial score (nSPS) is 19.7. The second-order valence-electron chi connectivity index (χ2n) is 8.20. The van der Waals surface area contributed by atoms with Crippen molar-refractivity contribution in [3.8, 4) is 17.0 Å². The van der Waals surface area contributed by atoms with Gasteiger partial charge in [0.1, 0.15) is 18.8 Å². The Kier molecular flexibility index (Phi) is 5.37. The van der Waals surface area contributed by atoms with Crippen molar-refractivity contribution in [2.75, 3.05) is 33.0 Å². The van der Waals surface area contributed by atoms with E-state index < -0.39 is 0 Å². The standard InChI is InChI=1S/C21H28N4O3/c1-21(2)13-27-15-25(21)20(26)24-11-19(23-14-24)17-3-5-18(6-4-17)28-12-16-7-9-22-10-8-16/h3-6,11,14,16,22H,7-10,12-13,15H2,1-2H3. The molecule has 1 aromatic heterocycles. The maximum Gasteiger partial charge on any atom is 0.331 e. The van der Waals surface area contributed by atoms with Gasteiger partial charge in [0.2, 0.25) is 0 Å². The van der Waals surface area contributed by atoms with Crippen molar-refractivity contribution in [3.05, 3.63) is 36.8 Å². The van der Waals surface area contributed by atoms with E-state index in [1.54, 1.807) is 17.4 Å². The Balaban J connectivity index is 1.39. The highest BCUT2D eigenvalue weighted by molar-refractivity contribution is 5.79. The number of hydrogen-bond donors (Lipinski definition) is 1. The monoisotopic (exact) mass is 384 g/mol. The van der Waals surface area contributed by atoms with E-state index in [9.17, 15) is 4.79 Å². The molecule has 0 saturated carbocycles. The van der Waals surface area contributed by atoms with Crippen molar-refractivity contribution >= 4 is 6.03 Å². The van der Waals surface area contributed by atoms with E-state index in [4.69, 9.17) is 9.47 Å². The zero-order chi connectivity index (χ0) is 19.6. The quantitative estimate of drug-likeness (QED) is 0.878. The Morgan fingerprint density at radius 2 is 2.04 bits per heavy atom. The van der Waals surface area contributed by atoms with Crippen molar-refractivity contribution in [1.29, 1.82) is 0 Å². The lowest BCUT2D eigenvalue weighted by atomic mass is 9.99. The van der Waals surface area contributed by atoms with Crippen molar-refractivity contribution in [3.63, 3.8) is 0 Å². The smallest absolute Gasteiger partial charge is 0.331 e. The molecule has 0 atom stereocenters. The summed E-state index contributed by atoms with van der Waals surface area (Å²) in [6.45, 7) is 7.76. The Bertz CT molecular complexity index is 809. The zero-order valence-electron chi connectivity index (χ0n) is 16.6. The summed E-state index contributed by atoms with van der Waals surface area (Å²) < 4.78 is 12.9. The molecule has 3 heterocycles. The molecule has 150 valence electrons. The summed E-state index contributed by atoms with van der Waals surface area (Å²) in [5, 5.41) is 3.37. The van der Waals surface area contributed by atoms with E-state index in [0.717, 1.165) is 36.7 Å². The minimum atomic E-state index is -0.311. The third-order valence-corrected chi connectivity index (χ3v) is 5.54. The number of benzene rings is 1. The van der Waals surface area contributed by atoms with Gasteiger partial charge in [0, 0.05) is 11.8 Å². The molecule has 7 nitrogen and oxygen atoms in total. The summed E-state index contributed by atoms with van der Waals surface area (Å²) in [4.78, 5) is 18.9. The molecule has 2 fully saturated rings. The van der Waals surface area contributed by atoms with Gasteiger partial charge in [-0.2, -0.15) is 0 Å². The fourth-order valence-corrected chi connectivity index (χ4v) is 3.65. The highest BCUT2D eigenvalue weighted by Gasteiger charge is 2.37. The van der Waals surface area contributed by atoms with Gasteiger partial charge in [-0.05, 0) is 70.0 Å². The van der Waals surface area contributed by atoms with E-state index in [1.165, 1.54) is 17.4 Å². The van der Waals surface area contributed by atoms with Crippen LogP contribution in [0.2, 0.25) is 0 Å². The molecule has 1 amide bonds. The van der Waals surface area contributed by atoms with Crippen LogP contribution in [0.3, 0.4) is 0 Å². The number of nitrogens with zero attached hydrogens (tertiary/aromatic N) is 3. The predicted molar refractivity (Wildman–Crippen MR) is 106 cm³/mol. The molecular formula is C21H28N4O3. The summed E-state index contributed by atoms with van der Waals surface area (Å²) >= 11 is 0. The van der Waals surface area contributed by atoms with Crippen molar-refractivity contribution in [2.45, 2.75) is 32.2 Å². The third kappa shape index (κ3) is 4.05. The van der Waals surface area contributed by atoms with Gasteiger partial charge in [0.05, 0.1) is 24.4 Å². The average Bonchev–Trinajstić information content (AvgIpc) is 3.33. The first-order valence-electron chi connectivity index (χ1n) is 9.90. The molecule has 0 spiro atoms. The molecule has 0 aliphatic carbocycles. The number of ether oxygens (including phenoxy) is 2. The number of rotatable bonds is 4. The maximum atomic E-state index is 12.7. The topological polar surface area (TPSA) is 68.6 Å². The van der Waals surface area contributed by atoms with Gasteiger partial charge in [-0.1, -0.05) is 0 Å². The van der Waals surface area contributed by atoms with E-state index in [-0.39, 0.29) is 11.6 Å². The molecule has 1 N–H and O–H groups in total. The van der Waals surface area contributed by atoms with Crippen molar-refractivity contribution in [1.82, 2.24) is 19.8 Å². The molecule has 4 rings (SSSR count). The number of nitrogens with one attached hydrogen (secondary N) is 1. The summed E-state index contributed by atoms with van der Waals surface area (Å²) in [6, 6.07) is 7.78. The lowest BCUT2D eigenvalue weighted by Crippen LogP contribution is -2.45. The Morgan fingerprint density at radius 1 is 1.29 bits per heavy atom. The van der Waals surface area contributed by atoms with Crippen LogP contribution in [0.4, 0.5) is 4.79 Å². The van der Waals surface area contributed by atoms with Crippen LogP contribution in [0.25, 0.3) is 11.3 Å². The largest absolute Gasteiger partial charge is 0.493 e. The summed E-state index contributed by atoms with van der Waals surface area (Å²) in [5.41, 5.74) is 1.41. The van der Waals surface area contributed by atoms with Gasteiger partial charge >= 0.3 is 6.03 Å². The third-order valence-electron chi connectivity index (χ3n) is 5.54. The van der Waals surface area contributed by atoms with Gasteiger partial charge in [-0.15, -0.1) is 0 Å². The number of hydrogen-bond acceptors (Lipinski definition) is 5. The van der Waals surface area contributed by atoms with Crippen LogP contribution in [0.15, 0.2) is 36.8 Å². The van der Waals surface area contributed by atoms with Gasteiger partial charge < -0.3 is 14.8 Å². The molecule has 2 aromatic rings. The molecule has 2 aliphatic heterocycles. The molecule has 2 aliphatic rings. The number of aromatic nitrogens is 2. The molecule has 0 bridgehead atoms. The van der Waals surface area contributed by atoms with Gasteiger partial charge in [-0.25, -0.2) is 9.78 Å². The summed E-state index contributed by atoms with van der Waals surface area (Å²) in [7, 11) is 0. The number of piperidine rings is 1. The van der Waals surface area contributed by atoms with E-state index in [1.807, 2.05) is 38.1 Å². The molecule has 0 unspecified atom stereocenters.